The summed E-state index contributed by atoms with van der Waals surface area (Å²) in [6.45, 7) is 5.50. The van der Waals surface area contributed by atoms with Crippen molar-refractivity contribution in [3.05, 3.63) is 0 Å². The topological polar surface area (TPSA) is 75.4 Å². The minimum Gasteiger partial charge on any atom is -0.368 e. The van der Waals surface area contributed by atoms with Crippen LogP contribution in [0.15, 0.2) is 0 Å². The van der Waals surface area contributed by atoms with E-state index in [1.807, 2.05) is 13.8 Å². The average molecular weight is 227 g/mol. The summed E-state index contributed by atoms with van der Waals surface area (Å²) in [5, 5.41) is 3.20. The first-order valence-corrected chi connectivity index (χ1v) is 5.82. The average Bonchev–Trinajstić information content (AvgIpc) is 2.25. The Hall–Kier alpha value is -1.10. The highest BCUT2D eigenvalue weighted by molar-refractivity contribution is 5.85. The van der Waals surface area contributed by atoms with Crippen molar-refractivity contribution in [2.45, 2.75) is 32.7 Å². The maximum absolute atomic E-state index is 12.2. The summed E-state index contributed by atoms with van der Waals surface area (Å²) in [6.07, 6.45) is 1.91. The third kappa shape index (κ3) is 3.48. The Kier molecular flexibility index (Phi) is 4.73. The van der Waals surface area contributed by atoms with Crippen molar-refractivity contribution in [3.63, 3.8) is 0 Å². The van der Waals surface area contributed by atoms with E-state index in [2.05, 4.69) is 5.32 Å². The number of piperidine rings is 1. The Labute approximate surface area is 96.4 Å². The van der Waals surface area contributed by atoms with E-state index >= 15 is 0 Å². The van der Waals surface area contributed by atoms with Crippen LogP contribution >= 0.6 is 0 Å². The van der Waals surface area contributed by atoms with Crippen LogP contribution in [-0.2, 0) is 9.59 Å². The first-order chi connectivity index (χ1) is 7.52. The van der Waals surface area contributed by atoms with E-state index in [-0.39, 0.29) is 24.4 Å². The van der Waals surface area contributed by atoms with Gasteiger partial charge in [-0.3, -0.25) is 9.59 Å². The number of amides is 2. The molecular weight excluding hydrogens is 206 g/mol. The lowest BCUT2D eigenvalue weighted by Gasteiger charge is -2.31. The van der Waals surface area contributed by atoms with Gasteiger partial charge in [0, 0.05) is 12.6 Å². The number of carbonyl (C=O) groups is 2. The van der Waals surface area contributed by atoms with Gasteiger partial charge in [-0.15, -0.1) is 0 Å². The Morgan fingerprint density at radius 3 is 2.62 bits per heavy atom. The Bertz CT molecular complexity index is 260. The van der Waals surface area contributed by atoms with Crippen LogP contribution in [0.1, 0.15) is 26.7 Å². The zero-order valence-electron chi connectivity index (χ0n) is 10.0. The van der Waals surface area contributed by atoms with Gasteiger partial charge in [0.2, 0.25) is 11.8 Å². The van der Waals surface area contributed by atoms with Gasteiger partial charge in [-0.05, 0) is 33.2 Å². The smallest absolute Gasteiger partial charge is 0.237 e. The molecule has 1 aliphatic rings. The van der Waals surface area contributed by atoms with Crippen molar-refractivity contribution in [2.24, 2.45) is 11.7 Å². The molecule has 2 amide bonds. The standard InChI is InChI=1S/C11H21N3O2/c1-8(2)14(7-10(12)15)11(16)9-4-3-5-13-6-9/h8-9,13H,3-7H2,1-2H3,(H2,12,15). The lowest BCUT2D eigenvalue weighted by atomic mass is 9.97. The molecule has 1 saturated heterocycles. The maximum Gasteiger partial charge on any atom is 0.237 e. The predicted octanol–water partition coefficient (Wildman–Crippen LogP) is -0.292. The van der Waals surface area contributed by atoms with E-state index in [9.17, 15) is 9.59 Å². The maximum atomic E-state index is 12.2. The molecule has 0 aromatic rings. The molecular formula is C11H21N3O2. The molecule has 1 heterocycles. The normalized spacial score (nSPS) is 20.8. The fourth-order valence-corrected chi connectivity index (χ4v) is 1.98. The van der Waals surface area contributed by atoms with Gasteiger partial charge in [-0.2, -0.15) is 0 Å². The van der Waals surface area contributed by atoms with E-state index in [0.717, 1.165) is 19.4 Å². The quantitative estimate of drug-likeness (QED) is 0.693. The molecule has 16 heavy (non-hydrogen) atoms. The van der Waals surface area contributed by atoms with Crippen LogP contribution in [0.4, 0.5) is 0 Å². The summed E-state index contributed by atoms with van der Waals surface area (Å²) >= 11 is 0. The zero-order chi connectivity index (χ0) is 12.1. The van der Waals surface area contributed by atoms with Gasteiger partial charge in [0.05, 0.1) is 12.5 Å². The molecule has 5 heteroatoms. The Morgan fingerprint density at radius 2 is 2.19 bits per heavy atom. The van der Waals surface area contributed by atoms with Gasteiger partial charge in [-0.25, -0.2) is 0 Å². The molecule has 1 rings (SSSR count). The van der Waals surface area contributed by atoms with Crippen LogP contribution in [0, 0.1) is 5.92 Å². The van der Waals surface area contributed by atoms with E-state index in [4.69, 9.17) is 5.73 Å². The zero-order valence-corrected chi connectivity index (χ0v) is 10.0. The first kappa shape index (κ1) is 13.0. The fourth-order valence-electron chi connectivity index (χ4n) is 1.98. The molecule has 0 radical (unpaired) electrons. The predicted molar refractivity (Wildman–Crippen MR) is 61.6 cm³/mol. The molecule has 1 aliphatic heterocycles. The summed E-state index contributed by atoms with van der Waals surface area (Å²) in [7, 11) is 0. The molecule has 0 aromatic heterocycles. The highest BCUT2D eigenvalue weighted by Crippen LogP contribution is 2.14. The molecule has 0 aliphatic carbocycles. The number of nitrogens with two attached hydrogens (primary N) is 1. The lowest BCUT2D eigenvalue weighted by molar-refractivity contribution is -0.141. The fraction of sp³-hybridized carbons (Fsp3) is 0.818. The number of carbonyl (C=O) groups excluding carboxylic acids is 2. The molecule has 1 fully saturated rings. The van der Waals surface area contributed by atoms with Crippen LogP contribution in [0.25, 0.3) is 0 Å². The first-order valence-electron chi connectivity index (χ1n) is 5.82. The molecule has 1 unspecified atom stereocenters. The van der Waals surface area contributed by atoms with Gasteiger partial charge in [0.15, 0.2) is 0 Å². The monoisotopic (exact) mass is 227 g/mol. The molecule has 0 saturated carbocycles. The second kappa shape index (κ2) is 5.84. The number of primary amides is 1. The van der Waals surface area contributed by atoms with Gasteiger partial charge in [0.25, 0.3) is 0 Å². The number of nitrogens with one attached hydrogen (secondary N) is 1. The van der Waals surface area contributed by atoms with Gasteiger partial charge in [-0.1, -0.05) is 0 Å². The van der Waals surface area contributed by atoms with Crippen LogP contribution in [0.2, 0.25) is 0 Å². The highest BCUT2D eigenvalue weighted by atomic mass is 16.2. The van der Waals surface area contributed by atoms with Crippen molar-refractivity contribution in [3.8, 4) is 0 Å². The second-order valence-corrected chi connectivity index (χ2v) is 4.57. The Morgan fingerprint density at radius 1 is 1.50 bits per heavy atom. The van der Waals surface area contributed by atoms with Crippen LogP contribution in [0.5, 0.6) is 0 Å². The molecule has 0 spiro atoms. The van der Waals surface area contributed by atoms with Gasteiger partial charge in [0.1, 0.15) is 0 Å². The van der Waals surface area contributed by atoms with Crippen molar-refractivity contribution < 1.29 is 9.59 Å². The Balaban J connectivity index is 2.61. The largest absolute Gasteiger partial charge is 0.368 e. The van der Waals surface area contributed by atoms with Crippen LogP contribution < -0.4 is 11.1 Å². The second-order valence-electron chi connectivity index (χ2n) is 4.57. The van der Waals surface area contributed by atoms with E-state index in [1.54, 1.807) is 4.90 Å². The number of hydrogen-bond donors (Lipinski definition) is 2. The molecule has 0 bridgehead atoms. The van der Waals surface area contributed by atoms with Crippen molar-refractivity contribution >= 4 is 11.8 Å². The van der Waals surface area contributed by atoms with E-state index in [0.29, 0.717) is 6.54 Å². The summed E-state index contributed by atoms with van der Waals surface area (Å²) in [4.78, 5) is 24.6. The minimum absolute atomic E-state index is 0.00417. The summed E-state index contributed by atoms with van der Waals surface area (Å²) < 4.78 is 0. The molecule has 3 N–H and O–H groups in total. The molecule has 92 valence electrons. The summed E-state index contributed by atoms with van der Waals surface area (Å²) in [5.41, 5.74) is 5.15. The van der Waals surface area contributed by atoms with E-state index < -0.39 is 5.91 Å². The van der Waals surface area contributed by atoms with Gasteiger partial charge >= 0.3 is 0 Å². The van der Waals surface area contributed by atoms with Crippen molar-refractivity contribution in [2.75, 3.05) is 19.6 Å². The SMILES string of the molecule is CC(C)N(CC(N)=O)C(=O)C1CCCNC1. The number of rotatable bonds is 4. The minimum atomic E-state index is -0.453. The van der Waals surface area contributed by atoms with Gasteiger partial charge < -0.3 is 16.0 Å². The van der Waals surface area contributed by atoms with Crippen LogP contribution in [0.3, 0.4) is 0 Å². The highest BCUT2D eigenvalue weighted by Gasteiger charge is 2.28. The number of nitrogens with zero attached hydrogens (tertiary/aromatic N) is 1. The third-order valence-electron chi connectivity index (χ3n) is 2.88. The van der Waals surface area contributed by atoms with Crippen LogP contribution in [-0.4, -0.2) is 42.4 Å². The lowest BCUT2D eigenvalue weighted by Crippen LogP contribution is -2.48. The third-order valence-corrected chi connectivity index (χ3v) is 2.88. The molecule has 5 nitrogen and oxygen atoms in total. The number of hydrogen-bond acceptors (Lipinski definition) is 3. The summed E-state index contributed by atoms with van der Waals surface area (Å²) in [6, 6.07) is 0.0157. The van der Waals surface area contributed by atoms with Crippen molar-refractivity contribution in [1.29, 1.82) is 0 Å². The van der Waals surface area contributed by atoms with E-state index in [1.165, 1.54) is 0 Å². The molecule has 1 atom stereocenters. The molecule has 0 aromatic carbocycles. The van der Waals surface area contributed by atoms with Crippen molar-refractivity contribution in [1.82, 2.24) is 10.2 Å². The summed E-state index contributed by atoms with van der Waals surface area (Å²) in [5.74, 6) is -0.415.